The van der Waals surface area contributed by atoms with Crippen LogP contribution in [0.25, 0.3) is 10.9 Å². The molecule has 37 heavy (non-hydrogen) atoms. The summed E-state index contributed by atoms with van der Waals surface area (Å²) < 4.78 is 0. The van der Waals surface area contributed by atoms with Gasteiger partial charge in [0.15, 0.2) is 5.78 Å². The number of carbonyl (C=O) groups is 2. The predicted octanol–water partition coefficient (Wildman–Crippen LogP) is 5.52. The maximum absolute atomic E-state index is 13.9. The molecule has 0 bridgehead atoms. The molecule has 1 heterocycles. The van der Waals surface area contributed by atoms with E-state index in [1.54, 1.807) is 24.4 Å². The van der Waals surface area contributed by atoms with Crippen LogP contribution in [0.15, 0.2) is 72.9 Å². The number of amides is 1. The summed E-state index contributed by atoms with van der Waals surface area (Å²) >= 11 is 12.4. The van der Waals surface area contributed by atoms with Gasteiger partial charge in [-0.2, -0.15) is 0 Å². The van der Waals surface area contributed by atoms with E-state index in [-0.39, 0.29) is 11.7 Å². The van der Waals surface area contributed by atoms with Gasteiger partial charge in [0.25, 0.3) is 5.91 Å². The number of Topliss-reactive ketones (excluding diaryl/α,β-unsaturated/α-hetero) is 1. The van der Waals surface area contributed by atoms with E-state index in [0.717, 1.165) is 17.7 Å². The molecule has 1 amide bonds. The van der Waals surface area contributed by atoms with E-state index >= 15 is 0 Å². The lowest BCUT2D eigenvalue weighted by atomic mass is 9.96. The Morgan fingerprint density at radius 2 is 1.73 bits per heavy atom. The summed E-state index contributed by atoms with van der Waals surface area (Å²) in [4.78, 5) is 31.9. The van der Waals surface area contributed by atoms with Gasteiger partial charge in [0, 0.05) is 46.8 Å². The smallest absolute Gasteiger partial charge is 0.253 e. The Morgan fingerprint density at radius 3 is 2.46 bits per heavy atom. The van der Waals surface area contributed by atoms with Crippen LogP contribution < -0.4 is 10.6 Å². The number of para-hydroxylation sites is 1. The van der Waals surface area contributed by atoms with Crippen molar-refractivity contribution in [2.75, 3.05) is 33.7 Å². The number of nitrogens with one attached hydrogen (secondary N) is 3. The lowest BCUT2D eigenvalue weighted by Gasteiger charge is -2.18. The standard InChI is InChI=1S/C29H30Cl2N4O2/c1-35(2)16-15-33-29(37)23-10-6-9-22-24(18-34-27(22)23)28(36)26(20-7-4-3-5-8-20)32-14-13-19-11-12-21(30)17-25(19)31/h3-12,17-18,26,32,34H,13-16H2,1-2H3,(H,33,37). The number of likely N-dealkylation sites (N-methyl/N-ethyl adjacent to an activating group) is 1. The fraction of sp³-hybridized carbons (Fsp3) is 0.241. The Morgan fingerprint density at radius 1 is 0.946 bits per heavy atom. The molecule has 4 rings (SSSR count). The first-order chi connectivity index (χ1) is 17.8. The van der Waals surface area contributed by atoms with Crippen LogP contribution in [0.2, 0.25) is 10.0 Å². The third-order valence-electron chi connectivity index (χ3n) is 6.22. The number of carbonyl (C=O) groups excluding carboxylic acids is 2. The van der Waals surface area contributed by atoms with Gasteiger partial charge in [0.2, 0.25) is 0 Å². The third-order valence-corrected chi connectivity index (χ3v) is 6.81. The van der Waals surface area contributed by atoms with Gasteiger partial charge in [-0.1, -0.05) is 71.7 Å². The van der Waals surface area contributed by atoms with Crippen LogP contribution >= 0.6 is 23.2 Å². The van der Waals surface area contributed by atoms with Gasteiger partial charge in [-0.15, -0.1) is 0 Å². The van der Waals surface area contributed by atoms with Gasteiger partial charge in [0.05, 0.1) is 17.1 Å². The minimum Gasteiger partial charge on any atom is -0.360 e. The molecule has 6 nitrogen and oxygen atoms in total. The molecule has 8 heteroatoms. The highest BCUT2D eigenvalue weighted by atomic mass is 35.5. The molecule has 3 N–H and O–H groups in total. The predicted molar refractivity (Wildman–Crippen MR) is 151 cm³/mol. The second kappa shape index (κ2) is 12.4. The number of hydrogen-bond donors (Lipinski definition) is 3. The van der Waals surface area contributed by atoms with Crippen molar-refractivity contribution in [3.05, 3.63) is 105 Å². The Kier molecular flexibility index (Phi) is 9.00. The molecule has 0 aliphatic carbocycles. The van der Waals surface area contributed by atoms with Crippen LogP contribution in [0.3, 0.4) is 0 Å². The maximum atomic E-state index is 13.9. The Labute approximate surface area is 227 Å². The fourth-order valence-corrected chi connectivity index (χ4v) is 4.78. The topological polar surface area (TPSA) is 77.2 Å². The molecule has 1 atom stereocenters. The molecular weight excluding hydrogens is 507 g/mol. The first-order valence-electron chi connectivity index (χ1n) is 12.1. The molecule has 3 aromatic carbocycles. The van der Waals surface area contributed by atoms with Gasteiger partial charge in [-0.3, -0.25) is 9.59 Å². The molecule has 0 saturated carbocycles. The minimum atomic E-state index is -0.566. The quantitative estimate of drug-likeness (QED) is 0.220. The highest BCUT2D eigenvalue weighted by Gasteiger charge is 2.25. The average molecular weight is 537 g/mol. The lowest BCUT2D eigenvalue weighted by Crippen LogP contribution is -2.31. The van der Waals surface area contributed by atoms with Crippen molar-refractivity contribution < 1.29 is 9.59 Å². The van der Waals surface area contributed by atoms with Crippen molar-refractivity contribution in [2.45, 2.75) is 12.5 Å². The van der Waals surface area contributed by atoms with Gasteiger partial charge in [-0.25, -0.2) is 0 Å². The molecule has 0 radical (unpaired) electrons. The van der Waals surface area contributed by atoms with Crippen LogP contribution in [0.1, 0.15) is 37.9 Å². The summed E-state index contributed by atoms with van der Waals surface area (Å²) in [5, 5.41) is 8.27. The van der Waals surface area contributed by atoms with Crippen molar-refractivity contribution in [3.63, 3.8) is 0 Å². The van der Waals surface area contributed by atoms with Crippen molar-refractivity contribution in [2.24, 2.45) is 0 Å². The van der Waals surface area contributed by atoms with E-state index in [4.69, 9.17) is 23.2 Å². The highest BCUT2D eigenvalue weighted by molar-refractivity contribution is 6.35. The number of nitrogens with zero attached hydrogens (tertiary/aromatic N) is 1. The number of H-pyrrole nitrogens is 1. The second-order valence-corrected chi connectivity index (χ2v) is 9.98. The third kappa shape index (κ3) is 6.59. The minimum absolute atomic E-state index is 0.0789. The van der Waals surface area contributed by atoms with Crippen LogP contribution in [0.5, 0.6) is 0 Å². The summed E-state index contributed by atoms with van der Waals surface area (Å²) in [6.45, 7) is 1.81. The highest BCUT2D eigenvalue weighted by Crippen LogP contribution is 2.27. The van der Waals surface area contributed by atoms with Gasteiger partial charge >= 0.3 is 0 Å². The van der Waals surface area contributed by atoms with Crippen molar-refractivity contribution >= 4 is 45.8 Å². The number of aromatic amines is 1. The normalized spacial score (nSPS) is 12.1. The van der Waals surface area contributed by atoms with Crippen LogP contribution in [0, 0.1) is 0 Å². The first-order valence-corrected chi connectivity index (χ1v) is 12.9. The van der Waals surface area contributed by atoms with Crippen molar-refractivity contribution in [1.82, 2.24) is 20.5 Å². The van der Waals surface area contributed by atoms with E-state index in [2.05, 4.69) is 15.6 Å². The zero-order valence-electron chi connectivity index (χ0n) is 20.9. The number of fused-ring (bicyclic) bond motifs is 1. The SMILES string of the molecule is CN(C)CCNC(=O)c1cccc2c(C(=O)C(NCCc3ccc(Cl)cc3Cl)c3ccccc3)c[nH]c12. The maximum Gasteiger partial charge on any atom is 0.253 e. The summed E-state index contributed by atoms with van der Waals surface area (Å²) in [6.07, 6.45) is 2.33. The lowest BCUT2D eigenvalue weighted by molar-refractivity contribution is 0.0939. The molecule has 0 aliphatic heterocycles. The van der Waals surface area contributed by atoms with E-state index in [1.165, 1.54) is 0 Å². The number of aromatic nitrogens is 1. The van der Waals surface area contributed by atoms with E-state index in [1.807, 2.05) is 67.5 Å². The van der Waals surface area contributed by atoms with Gasteiger partial charge in [-0.05, 0) is 49.8 Å². The number of hydrogen-bond acceptors (Lipinski definition) is 4. The monoisotopic (exact) mass is 536 g/mol. The first kappa shape index (κ1) is 26.9. The summed E-state index contributed by atoms with van der Waals surface area (Å²) in [5.41, 5.74) is 3.50. The summed E-state index contributed by atoms with van der Waals surface area (Å²) in [5.74, 6) is -0.254. The molecule has 1 aromatic heterocycles. The zero-order chi connectivity index (χ0) is 26.4. The molecule has 192 valence electrons. The van der Waals surface area contributed by atoms with Gasteiger partial charge < -0.3 is 20.5 Å². The van der Waals surface area contributed by atoms with Gasteiger partial charge in [0.1, 0.15) is 0 Å². The Bertz CT molecular complexity index is 1390. The van der Waals surface area contributed by atoms with Crippen molar-refractivity contribution in [1.29, 1.82) is 0 Å². The molecule has 0 fully saturated rings. The van der Waals surface area contributed by atoms with Crippen LogP contribution in [-0.2, 0) is 6.42 Å². The van der Waals surface area contributed by atoms with E-state index < -0.39 is 6.04 Å². The van der Waals surface area contributed by atoms with E-state index in [9.17, 15) is 9.59 Å². The molecule has 0 spiro atoms. The second-order valence-electron chi connectivity index (χ2n) is 9.14. The summed E-state index contributed by atoms with van der Waals surface area (Å²) in [6, 6.07) is 19.9. The van der Waals surface area contributed by atoms with E-state index in [0.29, 0.717) is 51.6 Å². The zero-order valence-corrected chi connectivity index (χ0v) is 22.4. The fourth-order valence-electron chi connectivity index (χ4n) is 4.27. The Hall–Kier alpha value is -3.16. The molecular formula is C29H30Cl2N4O2. The summed E-state index contributed by atoms with van der Waals surface area (Å²) in [7, 11) is 3.91. The number of rotatable bonds is 11. The molecule has 0 aliphatic rings. The molecule has 4 aromatic rings. The molecule has 1 unspecified atom stereocenters. The number of benzene rings is 3. The number of halogens is 2. The largest absolute Gasteiger partial charge is 0.360 e. The molecule has 0 saturated heterocycles. The average Bonchev–Trinajstić information content (AvgIpc) is 3.32. The van der Waals surface area contributed by atoms with Crippen LogP contribution in [-0.4, -0.2) is 55.3 Å². The van der Waals surface area contributed by atoms with Crippen LogP contribution in [0.4, 0.5) is 0 Å². The number of ketones is 1. The van der Waals surface area contributed by atoms with Crippen molar-refractivity contribution in [3.8, 4) is 0 Å². The Balaban J connectivity index is 1.57.